The molecular weight excluding hydrogens is 717 g/mol. The molecule has 53 heavy (non-hydrogen) atoms. The van der Waals surface area contributed by atoms with Gasteiger partial charge in [0.15, 0.2) is 0 Å². The smallest absolute Gasteiger partial charge is 0.478 e. The number of amidine groups is 1. The lowest BCUT2D eigenvalue weighted by Gasteiger charge is -2.17. The summed E-state index contributed by atoms with van der Waals surface area (Å²) in [6, 6.07) is 27.4. The van der Waals surface area contributed by atoms with Crippen molar-refractivity contribution in [1.29, 1.82) is 5.41 Å². The maximum atomic E-state index is 13.1. The number of amides is 1. The first-order valence-corrected chi connectivity index (χ1v) is 17.1. The van der Waals surface area contributed by atoms with E-state index in [1.807, 2.05) is 26.0 Å². The number of benzene rings is 5. The number of ether oxygens (including phenoxy) is 1. The molecule has 0 saturated carbocycles. The fourth-order valence-corrected chi connectivity index (χ4v) is 5.86. The number of carbonyl (C=O) groups is 3. The minimum absolute atomic E-state index is 0.0486. The molecule has 1 amide bonds. The van der Waals surface area contributed by atoms with Crippen LogP contribution in [0.5, 0.6) is 11.5 Å². The fraction of sp³-hybridized carbons (Fsp3) is 0.135. The molecule has 276 valence electrons. The number of aliphatic carboxylic acids is 1. The molecule has 0 radical (unpaired) electrons. The molecule has 0 aromatic heterocycles. The molecule has 5 rings (SSSR count). The monoisotopic (exact) mass is 750 g/mol. The van der Waals surface area contributed by atoms with E-state index in [2.05, 4.69) is 10.0 Å². The van der Waals surface area contributed by atoms with Gasteiger partial charge in [-0.25, -0.2) is 18.0 Å². The molecule has 0 atom stereocenters. The maximum Gasteiger partial charge on any atom is 0.490 e. The normalized spacial score (nSPS) is 11.3. The Morgan fingerprint density at radius 3 is 2.06 bits per heavy atom. The minimum atomic E-state index is -5.08. The van der Waals surface area contributed by atoms with E-state index in [-0.39, 0.29) is 50.3 Å². The topological polar surface area (TPSA) is 209 Å². The zero-order chi connectivity index (χ0) is 39.1. The summed E-state index contributed by atoms with van der Waals surface area (Å²) in [4.78, 5) is 34.2. The quantitative estimate of drug-likeness (QED) is 0.0600. The van der Waals surface area contributed by atoms with E-state index in [0.29, 0.717) is 17.9 Å². The molecule has 0 aliphatic heterocycles. The third kappa shape index (κ3) is 10.3. The number of aromatic carboxylic acids is 1. The van der Waals surface area contributed by atoms with Gasteiger partial charge >= 0.3 is 18.1 Å². The highest BCUT2D eigenvalue weighted by atomic mass is 32.2. The maximum absolute atomic E-state index is 13.1. The summed E-state index contributed by atoms with van der Waals surface area (Å²) in [5.41, 5.74) is 6.90. The number of alkyl halides is 3. The van der Waals surface area contributed by atoms with Crippen molar-refractivity contribution in [2.75, 3.05) is 11.3 Å². The second kappa shape index (κ2) is 16.3. The number of hydrogen-bond donors (Lipinski definition) is 6. The first-order valence-electron chi connectivity index (χ1n) is 15.6. The van der Waals surface area contributed by atoms with Gasteiger partial charge in [-0.2, -0.15) is 13.2 Å². The number of carbonyl (C=O) groups excluding carboxylic acids is 1. The largest absolute Gasteiger partial charge is 0.490 e. The van der Waals surface area contributed by atoms with Crippen molar-refractivity contribution in [3.05, 3.63) is 120 Å². The van der Waals surface area contributed by atoms with Crippen molar-refractivity contribution >= 4 is 50.2 Å². The van der Waals surface area contributed by atoms with Crippen molar-refractivity contribution in [3.63, 3.8) is 0 Å². The molecule has 0 unspecified atom stereocenters. The lowest BCUT2D eigenvalue weighted by molar-refractivity contribution is -0.192. The average molecular weight is 751 g/mol. The summed E-state index contributed by atoms with van der Waals surface area (Å²) in [6.07, 6.45) is -5.08. The Balaban J connectivity index is 0.000000815. The van der Waals surface area contributed by atoms with Gasteiger partial charge in [0, 0.05) is 34.5 Å². The van der Waals surface area contributed by atoms with Crippen LogP contribution >= 0.6 is 0 Å². The van der Waals surface area contributed by atoms with Crippen LogP contribution < -0.4 is 20.5 Å². The summed E-state index contributed by atoms with van der Waals surface area (Å²) >= 11 is 0. The van der Waals surface area contributed by atoms with E-state index in [0.717, 1.165) is 10.8 Å². The van der Waals surface area contributed by atoms with Gasteiger partial charge < -0.3 is 26.0 Å². The van der Waals surface area contributed by atoms with Gasteiger partial charge in [-0.15, -0.1) is 0 Å². The molecule has 16 heteroatoms. The van der Waals surface area contributed by atoms with Crippen molar-refractivity contribution < 1.29 is 50.9 Å². The highest BCUT2D eigenvalue weighted by Gasteiger charge is 2.38. The average Bonchev–Trinajstić information content (AvgIpc) is 3.10. The zero-order valence-corrected chi connectivity index (χ0v) is 28.9. The van der Waals surface area contributed by atoms with Crippen LogP contribution in [0.15, 0.2) is 108 Å². The van der Waals surface area contributed by atoms with Gasteiger partial charge in [-0.05, 0) is 77.4 Å². The molecule has 0 aliphatic rings. The van der Waals surface area contributed by atoms with Crippen molar-refractivity contribution in [2.24, 2.45) is 11.7 Å². The number of sulfonamides is 1. The van der Waals surface area contributed by atoms with Gasteiger partial charge in [-0.1, -0.05) is 56.3 Å². The van der Waals surface area contributed by atoms with Gasteiger partial charge in [0.25, 0.3) is 15.9 Å². The summed E-state index contributed by atoms with van der Waals surface area (Å²) in [7, 11) is -3.96. The molecule has 5 aromatic rings. The van der Waals surface area contributed by atoms with Crippen LogP contribution in [0.2, 0.25) is 0 Å². The minimum Gasteiger partial charge on any atom is -0.478 e. The van der Waals surface area contributed by atoms with E-state index in [1.54, 1.807) is 48.5 Å². The van der Waals surface area contributed by atoms with E-state index in [1.165, 1.54) is 42.5 Å². The molecule has 5 aromatic carbocycles. The molecular formula is C37H33F3N4O8S. The van der Waals surface area contributed by atoms with Crippen molar-refractivity contribution in [1.82, 2.24) is 5.32 Å². The van der Waals surface area contributed by atoms with Gasteiger partial charge in [0.05, 0.1) is 10.5 Å². The standard InChI is InChI=1S/C35H32N4O6S.C2HF3O2/c1-21(2)20-38-34(40)25-11-14-29(31(18-25)35(41)42)30-19-26(39-46(43,44)28-6-4-3-5-7-28)12-15-32(30)45-27-13-10-22-16-24(33(36)37)9-8-23(22)17-27;3-2(4,5)1(6)7/h3-19,21,39H,20H2,1-2H3,(H3,36,37)(H,38,40)(H,41,42);(H,6,7). The fourth-order valence-electron chi connectivity index (χ4n) is 4.78. The highest BCUT2D eigenvalue weighted by molar-refractivity contribution is 7.92. The number of nitrogens with two attached hydrogens (primary N) is 1. The van der Waals surface area contributed by atoms with Crippen LogP contribution in [0.4, 0.5) is 18.9 Å². The summed E-state index contributed by atoms with van der Waals surface area (Å²) in [5.74, 6) is -3.60. The Hall–Kier alpha value is -6.42. The van der Waals surface area contributed by atoms with Crippen LogP contribution in [-0.2, 0) is 14.8 Å². The lowest BCUT2D eigenvalue weighted by Crippen LogP contribution is -2.27. The third-order valence-corrected chi connectivity index (χ3v) is 8.75. The Morgan fingerprint density at radius 2 is 1.45 bits per heavy atom. The molecule has 0 saturated heterocycles. The van der Waals surface area contributed by atoms with E-state index in [9.17, 15) is 36.3 Å². The highest BCUT2D eigenvalue weighted by Crippen LogP contribution is 2.39. The van der Waals surface area contributed by atoms with Gasteiger partial charge in [0.2, 0.25) is 0 Å². The SMILES string of the molecule is CC(C)CNC(=O)c1ccc(-c2cc(NS(=O)(=O)c3ccccc3)ccc2Oc2ccc3cc(C(=N)N)ccc3c2)c(C(=O)O)c1.O=C(O)C(F)(F)F. The molecule has 0 heterocycles. The number of rotatable bonds is 11. The number of fused-ring (bicyclic) bond motifs is 1. The first kappa shape index (κ1) is 39.4. The lowest BCUT2D eigenvalue weighted by atomic mass is 9.96. The zero-order valence-electron chi connectivity index (χ0n) is 28.1. The number of anilines is 1. The Kier molecular flexibility index (Phi) is 12.1. The van der Waals surface area contributed by atoms with Crippen LogP contribution in [0.25, 0.3) is 21.9 Å². The van der Waals surface area contributed by atoms with Crippen LogP contribution in [0.3, 0.4) is 0 Å². The number of carboxylic acid groups (broad SMARTS) is 2. The molecule has 0 bridgehead atoms. The van der Waals surface area contributed by atoms with Crippen LogP contribution in [0, 0.1) is 11.3 Å². The predicted molar refractivity (Wildman–Crippen MR) is 192 cm³/mol. The van der Waals surface area contributed by atoms with Gasteiger partial charge in [-0.3, -0.25) is 14.9 Å². The van der Waals surface area contributed by atoms with Crippen LogP contribution in [-0.4, -0.2) is 55.0 Å². The molecule has 7 N–H and O–H groups in total. The van der Waals surface area contributed by atoms with Gasteiger partial charge in [0.1, 0.15) is 17.3 Å². The number of nitrogen functional groups attached to an aromatic ring is 1. The molecule has 12 nitrogen and oxygen atoms in total. The van der Waals surface area contributed by atoms with E-state index >= 15 is 0 Å². The number of nitrogens with one attached hydrogen (secondary N) is 3. The van der Waals surface area contributed by atoms with Crippen LogP contribution in [0.1, 0.15) is 40.1 Å². The van der Waals surface area contributed by atoms with E-state index < -0.39 is 34.0 Å². The predicted octanol–water partition coefficient (Wildman–Crippen LogP) is 7.10. The summed E-state index contributed by atoms with van der Waals surface area (Å²) in [6.45, 7) is 4.32. The van der Waals surface area contributed by atoms with E-state index in [4.69, 9.17) is 25.8 Å². The first-order chi connectivity index (χ1) is 24.9. The molecule has 0 spiro atoms. The summed E-state index contributed by atoms with van der Waals surface area (Å²) in [5, 5.41) is 29.5. The number of carboxylic acids is 2. The summed E-state index contributed by atoms with van der Waals surface area (Å²) < 4.78 is 66.8. The van der Waals surface area contributed by atoms with Crippen molar-refractivity contribution in [2.45, 2.75) is 24.9 Å². The Bertz CT molecular complexity index is 2300. The number of halogens is 3. The Morgan fingerprint density at radius 1 is 0.830 bits per heavy atom. The molecule has 0 aliphatic carbocycles. The second-order valence-corrected chi connectivity index (χ2v) is 13.5. The number of hydrogen-bond acceptors (Lipinski definition) is 7. The Labute approximate surface area is 301 Å². The van der Waals surface area contributed by atoms with Crippen molar-refractivity contribution in [3.8, 4) is 22.6 Å². The molecule has 0 fully saturated rings. The third-order valence-electron chi connectivity index (χ3n) is 7.35. The second-order valence-electron chi connectivity index (χ2n) is 11.8.